The minimum absolute atomic E-state index is 0.00931. The van der Waals surface area contributed by atoms with E-state index in [0.29, 0.717) is 21.3 Å². The van der Waals surface area contributed by atoms with Crippen molar-refractivity contribution in [2.75, 3.05) is 13.2 Å². The van der Waals surface area contributed by atoms with E-state index < -0.39 is 43.1 Å². The molecule has 0 saturated heterocycles. The molecule has 0 radical (unpaired) electrons. The zero-order valence-corrected chi connectivity index (χ0v) is 16.0. The summed E-state index contributed by atoms with van der Waals surface area (Å²) >= 11 is 3.24. The van der Waals surface area contributed by atoms with Gasteiger partial charge in [-0.15, -0.1) is 0 Å². The third kappa shape index (κ3) is 5.64. The number of rotatable bonds is 8. The van der Waals surface area contributed by atoms with Crippen LogP contribution in [0.4, 0.5) is 13.2 Å². The van der Waals surface area contributed by atoms with E-state index in [1.165, 1.54) is 6.07 Å². The van der Waals surface area contributed by atoms with E-state index in [9.17, 15) is 18.0 Å². The molecule has 1 aliphatic heterocycles. The minimum atomic E-state index is -4.87. The van der Waals surface area contributed by atoms with Gasteiger partial charge in [0.1, 0.15) is 19.0 Å². The molecular weight excluding hydrogens is 457 g/mol. The van der Waals surface area contributed by atoms with Crippen molar-refractivity contribution in [3.8, 4) is 5.75 Å². The van der Waals surface area contributed by atoms with Crippen LogP contribution >= 0.6 is 15.9 Å². The van der Waals surface area contributed by atoms with Crippen molar-refractivity contribution in [2.45, 2.75) is 25.3 Å². The van der Waals surface area contributed by atoms with Crippen molar-refractivity contribution in [1.29, 1.82) is 0 Å². The molecule has 0 fully saturated rings. The van der Waals surface area contributed by atoms with E-state index in [1.807, 2.05) is 0 Å². The van der Waals surface area contributed by atoms with Gasteiger partial charge in [0.15, 0.2) is 6.10 Å². The molecule has 0 saturated carbocycles. The number of halogens is 4. The number of ether oxygens (including phenoxy) is 2. The second kappa shape index (κ2) is 9.65. The van der Waals surface area contributed by atoms with Crippen LogP contribution in [0.1, 0.15) is 11.1 Å². The highest BCUT2D eigenvalue weighted by atomic mass is 79.9. The first-order chi connectivity index (χ1) is 13.2. The summed E-state index contributed by atoms with van der Waals surface area (Å²) in [6, 6.07) is 3.10. The summed E-state index contributed by atoms with van der Waals surface area (Å²) in [5, 5.41) is 17.1. The molecule has 1 atom stereocenters. The molecule has 2 rings (SSSR count). The predicted molar refractivity (Wildman–Crippen MR) is 86.5 cm³/mol. The quantitative estimate of drug-likeness (QED) is 0.311. The lowest BCUT2D eigenvalue weighted by molar-refractivity contribution is -1.07. The Morgan fingerprint density at radius 3 is 2.43 bits per heavy atom. The van der Waals surface area contributed by atoms with Crippen molar-refractivity contribution < 1.29 is 58.8 Å². The second-order valence-electron chi connectivity index (χ2n) is 5.69. The molecule has 0 aromatic heterocycles. The van der Waals surface area contributed by atoms with E-state index in [2.05, 4.69) is 25.6 Å². The lowest BCUT2D eigenvalue weighted by Crippen LogP contribution is -2.81. The smallest absolute Gasteiger partial charge is 0.430 e. The molecular formula is C15H18BrF3N2O7+2. The van der Waals surface area contributed by atoms with Crippen LogP contribution in [0.3, 0.4) is 0 Å². The maximum absolute atomic E-state index is 13.5. The van der Waals surface area contributed by atoms with Crippen molar-refractivity contribution in [1.82, 2.24) is 0 Å². The Morgan fingerprint density at radius 1 is 1.29 bits per heavy atom. The highest BCUT2D eigenvalue weighted by Gasteiger charge is 2.49. The zero-order chi connectivity index (χ0) is 20.9. The molecule has 1 aliphatic rings. The van der Waals surface area contributed by atoms with Crippen LogP contribution in [0.15, 0.2) is 22.2 Å². The van der Waals surface area contributed by atoms with Gasteiger partial charge >= 0.3 is 12.1 Å². The number of nitrogens with two attached hydrogens (primary N) is 2. The fourth-order valence-corrected chi connectivity index (χ4v) is 3.08. The molecule has 9 nitrogen and oxygen atoms in total. The lowest BCUT2D eigenvalue weighted by atomic mass is 9.99. The Bertz CT molecular complexity index is 737. The van der Waals surface area contributed by atoms with Crippen molar-refractivity contribution in [3.63, 3.8) is 0 Å². The normalized spacial score (nSPS) is 16.4. The fraction of sp³-hybridized carbons (Fsp3) is 0.400. The molecule has 28 heavy (non-hydrogen) atoms. The number of carbonyl (C=O) groups is 1. The molecule has 1 heterocycles. The fourth-order valence-electron chi connectivity index (χ4n) is 2.49. The molecule has 0 aliphatic carbocycles. The number of hydrogen-bond donors (Lipinski definition) is 4. The standard InChI is InChI=1S/C15H18BrF3N2O7/c1-7-2-9(16)3-8-4-11(13(15(17,18)19)28-12(7)8)14(22)27-10(5-25-20-23)6-26-21-24/h2-4,10,13,23-24H,5-6,20-21H2,1H3/q+2. The topological polar surface area (TPSA) is 128 Å². The van der Waals surface area contributed by atoms with E-state index in [0.717, 1.165) is 6.08 Å². The molecule has 1 aromatic carbocycles. The summed E-state index contributed by atoms with van der Waals surface area (Å²) in [7, 11) is 0. The third-order valence-corrected chi connectivity index (χ3v) is 4.08. The van der Waals surface area contributed by atoms with E-state index in [1.54, 1.807) is 13.0 Å². The van der Waals surface area contributed by atoms with Crippen LogP contribution in [0.2, 0.25) is 0 Å². The van der Waals surface area contributed by atoms with Crippen LogP contribution in [0.25, 0.3) is 6.08 Å². The van der Waals surface area contributed by atoms with Gasteiger partial charge in [0.25, 0.3) is 0 Å². The number of fused-ring (bicyclic) bond motifs is 1. The molecule has 0 bridgehead atoms. The highest BCUT2D eigenvalue weighted by Crippen LogP contribution is 2.40. The Kier molecular flexibility index (Phi) is 7.77. The predicted octanol–water partition coefficient (Wildman–Crippen LogP) is 0.144. The van der Waals surface area contributed by atoms with E-state index in [4.69, 9.17) is 19.9 Å². The van der Waals surface area contributed by atoms with Gasteiger partial charge < -0.3 is 9.47 Å². The number of esters is 1. The van der Waals surface area contributed by atoms with Gasteiger partial charge in [0, 0.05) is 10.0 Å². The first-order valence-electron chi connectivity index (χ1n) is 7.78. The van der Waals surface area contributed by atoms with Crippen molar-refractivity contribution in [2.24, 2.45) is 0 Å². The van der Waals surface area contributed by atoms with Gasteiger partial charge in [0.2, 0.25) is 6.10 Å². The Balaban J connectivity index is 2.34. The van der Waals surface area contributed by atoms with Crippen LogP contribution < -0.4 is 16.0 Å². The summed E-state index contributed by atoms with van der Waals surface area (Å²) in [4.78, 5) is 21.6. The van der Waals surface area contributed by atoms with Gasteiger partial charge in [-0.2, -0.15) is 33.3 Å². The number of alkyl halides is 3. The van der Waals surface area contributed by atoms with Gasteiger partial charge in [-0.25, -0.2) is 4.79 Å². The largest absolute Gasteiger partial charge is 0.475 e. The molecule has 156 valence electrons. The lowest BCUT2D eigenvalue weighted by Gasteiger charge is -2.29. The van der Waals surface area contributed by atoms with Crippen LogP contribution in [-0.4, -0.2) is 48.0 Å². The van der Waals surface area contributed by atoms with Crippen LogP contribution in [0.5, 0.6) is 5.75 Å². The van der Waals surface area contributed by atoms with Crippen LogP contribution in [-0.2, 0) is 19.2 Å². The number of benzene rings is 1. The molecule has 0 spiro atoms. The van der Waals surface area contributed by atoms with E-state index in [-0.39, 0.29) is 11.3 Å². The first-order valence-corrected chi connectivity index (χ1v) is 8.57. The summed E-state index contributed by atoms with van der Waals surface area (Å²) < 4.78 is 51.1. The second-order valence-corrected chi connectivity index (χ2v) is 6.60. The Hall–Kier alpha value is -1.74. The molecule has 1 aromatic rings. The van der Waals surface area contributed by atoms with Crippen molar-refractivity contribution in [3.05, 3.63) is 33.3 Å². The number of hydrogen-bond acceptors (Lipinski definition) is 7. The average molecular weight is 475 g/mol. The summed E-state index contributed by atoms with van der Waals surface area (Å²) in [6.45, 7) is 0.750. The van der Waals surface area contributed by atoms with Crippen LogP contribution in [0, 0.1) is 6.92 Å². The maximum Gasteiger partial charge on any atom is 0.430 e. The molecule has 1 unspecified atom stereocenters. The minimum Gasteiger partial charge on any atom is -0.475 e. The SMILES string of the molecule is Cc1cc(Br)cc2c1OC(C(F)(F)F)C(C(=O)OC(CO[NH2+]O)CO[NH2+]O)=C2. The summed E-state index contributed by atoms with van der Waals surface area (Å²) in [5.74, 6) is -1.30. The highest BCUT2D eigenvalue weighted by molar-refractivity contribution is 9.10. The monoisotopic (exact) mass is 474 g/mol. The van der Waals surface area contributed by atoms with Gasteiger partial charge in [-0.05, 0) is 30.7 Å². The summed E-state index contributed by atoms with van der Waals surface area (Å²) in [6.07, 6.45) is -7.56. The third-order valence-electron chi connectivity index (χ3n) is 3.62. The first kappa shape index (κ1) is 22.5. The molecule has 0 amide bonds. The van der Waals surface area contributed by atoms with Gasteiger partial charge in [-0.1, -0.05) is 27.2 Å². The van der Waals surface area contributed by atoms with Gasteiger partial charge in [0.05, 0.1) is 5.57 Å². The Labute approximate surface area is 165 Å². The van der Waals surface area contributed by atoms with E-state index >= 15 is 0 Å². The Morgan fingerprint density at radius 2 is 1.89 bits per heavy atom. The average Bonchev–Trinajstić information content (AvgIpc) is 2.61. The summed E-state index contributed by atoms with van der Waals surface area (Å²) in [5.41, 5.74) is 0.612. The van der Waals surface area contributed by atoms with Gasteiger partial charge in [-0.3, -0.25) is 0 Å². The van der Waals surface area contributed by atoms with Crippen molar-refractivity contribution >= 4 is 28.0 Å². The number of quaternary nitrogens is 2. The molecule has 13 heteroatoms. The zero-order valence-electron chi connectivity index (χ0n) is 14.4. The molecule has 6 N–H and O–H groups in total. The number of aryl methyl sites for hydroxylation is 1. The maximum atomic E-state index is 13.5. The number of carbonyl (C=O) groups excluding carboxylic acids is 1.